The maximum absolute atomic E-state index is 12.7. The third-order valence-corrected chi connectivity index (χ3v) is 11.2. The van der Waals surface area contributed by atoms with Crippen LogP contribution in [0.25, 0.3) is 0 Å². The van der Waals surface area contributed by atoms with E-state index in [0.29, 0.717) is 24.1 Å². The van der Waals surface area contributed by atoms with E-state index in [1.807, 2.05) is 21.1 Å². The van der Waals surface area contributed by atoms with Gasteiger partial charge in [-0.2, -0.15) is 0 Å². The zero-order valence-corrected chi connectivity index (χ0v) is 41.0. The first-order valence-electron chi connectivity index (χ1n) is 24.7. The summed E-state index contributed by atoms with van der Waals surface area (Å²) in [5, 5.41) is 0. The number of hydrogen-bond donors (Lipinski definition) is 0. The summed E-state index contributed by atoms with van der Waals surface area (Å²) in [6.07, 6.45) is 57.9. The largest absolute Gasteiger partial charge is 0.756 e. The lowest BCUT2D eigenvalue weighted by Crippen LogP contribution is -2.37. The van der Waals surface area contributed by atoms with Crippen molar-refractivity contribution in [2.45, 2.75) is 200 Å². The van der Waals surface area contributed by atoms with Gasteiger partial charge in [0.1, 0.15) is 19.3 Å². The quantitative estimate of drug-likeness (QED) is 0.0198. The van der Waals surface area contributed by atoms with Crippen LogP contribution in [-0.4, -0.2) is 70.7 Å². The van der Waals surface area contributed by atoms with Gasteiger partial charge in [-0.25, -0.2) is 0 Å². The molecular formula is C52H94NO7P. The molecule has 0 aromatic carbocycles. The number of ether oxygens (including phenoxy) is 2. The molecular weight excluding hydrogens is 782 g/mol. The maximum atomic E-state index is 12.7. The van der Waals surface area contributed by atoms with E-state index in [4.69, 9.17) is 18.5 Å². The van der Waals surface area contributed by atoms with E-state index in [0.717, 1.165) is 64.2 Å². The number of hydrogen-bond acceptors (Lipinski definition) is 7. The topological polar surface area (TPSA) is 94.1 Å². The summed E-state index contributed by atoms with van der Waals surface area (Å²) in [6.45, 7) is 5.23. The van der Waals surface area contributed by atoms with Crippen LogP contribution < -0.4 is 4.89 Å². The van der Waals surface area contributed by atoms with Crippen LogP contribution in [0.15, 0.2) is 72.9 Å². The Bertz CT molecular complexity index is 1200. The van der Waals surface area contributed by atoms with Crippen molar-refractivity contribution >= 4 is 13.8 Å². The number of unbranched alkanes of at least 4 members (excludes halogenated alkanes) is 19. The van der Waals surface area contributed by atoms with Crippen molar-refractivity contribution in [1.82, 2.24) is 0 Å². The average Bonchev–Trinajstić information content (AvgIpc) is 3.22. The molecule has 0 spiro atoms. The van der Waals surface area contributed by atoms with Gasteiger partial charge in [-0.05, 0) is 83.5 Å². The summed E-state index contributed by atoms with van der Waals surface area (Å²) < 4.78 is 34.6. The molecule has 0 aliphatic heterocycles. The van der Waals surface area contributed by atoms with Gasteiger partial charge in [-0.15, -0.1) is 0 Å². The predicted octanol–water partition coefficient (Wildman–Crippen LogP) is 14.4. The number of likely N-dealkylation sites (N-methyl/N-ethyl adjacent to an activating group) is 1. The minimum Gasteiger partial charge on any atom is -0.756 e. The first-order chi connectivity index (χ1) is 29.6. The standard InChI is InChI=1S/C52H94NO7P/c1-6-8-10-12-14-16-18-20-21-22-23-24-25-26-27-28-29-30-31-32-34-36-38-40-42-44-47-57-49-51(50-59-61(55,56)58-48-46-53(3,4)5)60-52(54)45-43-41-39-37-35-33-19-17-15-13-11-9-7-2/h9,11,15,17-18,20,22-23,25-26,33,35,51H,6-8,10,12-14,16,19,21,24,27-32,34,36-50H2,1-5H3/b11-9-,17-15-,20-18-,23-22-,26-25-,35-33-. The molecule has 0 aromatic heterocycles. The molecule has 61 heavy (non-hydrogen) atoms. The van der Waals surface area contributed by atoms with Crippen LogP contribution in [0.4, 0.5) is 0 Å². The summed E-state index contributed by atoms with van der Waals surface area (Å²) >= 11 is 0. The third kappa shape index (κ3) is 48.8. The molecule has 0 aromatic rings. The summed E-state index contributed by atoms with van der Waals surface area (Å²) in [5.74, 6) is -0.366. The molecule has 2 atom stereocenters. The number of allylic oxidation sites excluding steroid dienone is 12. The fourth-order valence-electron chi connectivity index (χ4n) is 6.45. The molecule has 354 valence electrons. The van der Waals surface area contributed by atoms with Crippen LogP contribution in [0.3, 0.4) is 0 Å². The molecule has 0 N–H and O–H groups in total. The molecule has 0 saturated carbocycles. The van der Waals surface area contributed by atoms with Crippen LogP contribution in [0.5, 0.6) is 0 Å². The summed E-state index contributed by atoms with van der Waals surface area (Å²) in [6, 6.07) is 0. The average molecular weight is 876 g/mol. The van der Waals surface area contributed by atoms with Gasteiger partial charge in [0.15, 0.2) is 0 Å². The van der Waals surface area contributed by atoms with E-state index in [9.17, 15) is 14.3 Å². The van der Waals surface area contributed by atoms with Gasteiger partial charge in [0.2, 0.25) is 0 Å². The van der Waals surface area contributed by atoms with Crippen LogP contribution >= 0.6 is 7.82 Å². The highest BCUT2D eigenvalue weighted by atomic mass is 31.2. The molecule has 8 nitrogen and oxygen atoms in total. The monoisotopic (exact) mass is 876 g/mol. The van der Waals surface area contributed by atoms with Crippen LogP contribution in [0.2, 0.25) is 0 Å². The number of esters is 1. The molecule has 0 bridgehead atoms. The predicted molar refractivity (Wildman–Crippen MR) is 259 cm³/mol. The number of carbonyl (C=O) groups excluding carboxylic acids is 1. The van der Waals surface area contributed by atoms with E-state index in [2.05, 4.69) is 86.8 Å². The summed E-state index contributed by atoms with van der Waals surface area (Å²) in [7, 11) is 1.33. The fourth-order valence-corrected chi connectivity index (χ4v) is 7.18. The molecule has 0 rings (SSSR count). The zero-order valence-electron chi connectivity index (χ0n) is 40.1. The zero-order chi connectivity index (χ0) is 44.8. The van der Waals surface area contributed by atoms with Gasteiger partial charge in [0.05, 0.1) is 34.4 Å². The van der Waals surface area contributed by atoms with Gasteiger partial charge >= 0.3 is 5.97 Å². The third-order valence-electron chi connectivity index (χ3n) is 10.2. The second-order valence-electron chi connectivity index (χ2n) is 17.4. The van der Waals surface area contributed by atoms with E-state index < -0.39 is 13.9 Å². The van der Waals surface area contributed by atoms with Crippen molar-refractivity contribution in [3.05, 3.63) is 72.9 Å². The molecule has 0 amide bonds. The van der Waals surface area contributed by atoms with Crippen molar-refractivity contribution in [3.8, 4) is 0 Å². The number of rotatable bonds is 45. The smallest absolute Gasteiger partial charge is 0.306 e. The molecule has 0 aliphatic rings. The Hall–Kier alpha value is -2.06. The number of nitrogens with zero attached hydrogens (tertiary/aromatic N) is 1. The number of carbonyl (C=O) groups is 1. The first kappa shape index (κ1) is 58.9. The highest BCUT2D eigenvalue weighted by molar-refractivity contribution is 7.45. The van der Waals surface area contributed by atoms with Crippen LogP contribution in [-0.2, 0) is 27.9 Å². The van der Waals surface area contributed by atoms with Crippen molar-refractivity contribution < 1.29 is 37.3 Å². The van der Waals surface area contributed by atoms with Crippen molar-refractivity contribution in [3.63, 3.8) is 0 Å². The van der Waals surface area contributed by atoms with Gasteiger partial charge in [-0.3, -0.25) is 9.36 Å². The van der Waals surface area contributed by atoms with Crippen molar-refractivity contribution in [2.24, 2.45) is 0 Å². The second kappa shape index (κ2) is 44.5. The van der Waals surface area contributed by atoms with Crippen LogP contribution in [0, 0.1) is 0 Å². The Morgan fingerprint density at radius 3 is 1.43 bits per heavy atom. The highest BCUT2D eigenvalue weighted by Crippen LogP contribution is 2.38. The first-order valence-corrected chi connectivity index (χ1v) is 26.1. The number of quaternary nitrogens is 1. The molecule has 9 heteroatoms. The molecule has 0 radical (unpaired) electrons. The highest BCUT2D eigenvalue weighted by Gasteiger charge is 2.20. The maximum Gasteiger partial charge on any atom is 0.306 e. The minimum atomic E-state index is -4.54. The molecule has 0 fully saturated rings. The number of phosphoric ester groups is 1. The SMILES string of the molecule is CC/C=C\C/C=C\C/C=C\CCCCCC(=O)OC(COCCCCCCCCCCCCC/C=C\C/C=C\C/C=C\CCCCCCC)COP(=O)([O-])OCC[N+](C)(C)C. The van der Waals surface area contributed by atoms with Gasteiger partial charge in [0, 0.05) is 13.0 Å². The fraction of sp³-hybridized carbons (Fsp3) is 0.750. The van der Waals surface area contributed by atoms with E-state index in [-0.39, 0.29) is 32.2 Å². The normalized spacial score (nSPS) is 14.3. The summed E-state index contributed by atoms with van der Waals surface area (Å²) in [5.41, 5.74) is 0. The number of phosphoric acid groups is 1. The van der Waals surface area contributed by atoms with Crippen molar-refractivity contribution in [2.75, 3.05) is 54.1 Å². The molecule has 0 aliphatic carbocycles. The van der Waals surface area contributed by atoms with Crippen LogP contribution in [0.1, 0.15) is 194 Å². The van der Waals surface area contributed by atoms with E-state index >= 15 is 0 Å². The van der Waals surface area contributed by atoms with E-state index in [1.54, 1.807) is 0 Å². The molecule has 2 unspecified atom stereocenters. The Morgan fingerprint density at radius 2 is 0.951 bits per heavy atom. The lowest BCUT2D eigenvalue weighted by atomic mass is 10.1. The molecule has 0 saturated heterocycles. The minimum absolute atomic E-state index is 0.0165. The molecule has 0 heterocycles. The van der Waals surface area contributed by atoms with Gasteiger partial charge in [0.25, 0.3) is 7.82 Å². The van der Waals surface area contributed by atoms with Gasteiger partial charge in [-0.1, -0.05) is 177 Å². The van der Waals surface area contributed by atoms with E-state index in [1.165, 1.54) is 103 Å². The van der Waals surface area contributed by atoms with Crippen molar-refractivity contribution in [1.29, 1.82) is 0 Å². The Balaban J connectivity index is 4.12. The Morgan fingerprint density at radius 1 is 0.525 bits per heavy atom. The Kier molecular flexibility index (Phi) is 43.0. The Labute approximate surface area is 376 Å². The lowest BCUT2D eigenvalue weighted by Gasteiger charge is -2.28. The van der Waals surface area contributed by atoms with Gasteiger partial charge < -0.3 is 27.9 Å². The lowest BCUT2D eigenvalue weighted by molar-refractivity contribution is -0.870. The second-order valence-corrected chi connectivity index (χ2v) is 18.8. The summed E-state index contributed by atoms with van der Waals surface area (Å²) in [4.78, 5) is 25.1.